The lowest BCUT2D eigenvalue weighted by Crippen LogP contribution is -2.53. The third kappa shape index (κ3) is 7.39. The maximum atomic E-state index is 6.32. The Morgan fingerprint density at radius 2 is 1.22 bits per heavy atom. The highest BCUT2D eigenvalue weighted by Gasteiger charge is 2.41. The molecule has 0 spiro atoms. The molecule has 2 N–H and O–H groups in total. The van der Waals surface area contributed by atoms with Gasteiger partial charge in [0.15, 0.2) is 8.32 Å². The van der Waals surface area contributed by atoms with Crippen molar-refractivity contribution in [1.29, 1.82) is 0 Å². The first-order chi connectivity index (χ1) is 7.55. The minimum atomic E-state index is -1.91. The van der Waals surface area contributed by atoms with Crippen molar-refractivity contribution in [3.8, 4) is 0 Å². The van der Waals surface area contributed by atoms with Crippen LogP contribution in [0.2, 0.25) is 26.2 Å². The van der Waals surface area contributed by atoms with Crippen LogP contribution in [-0.2, 0) is 4.12 Å². The molecule has 0 saturated carbocycles. The van der Waals surface area contributed by atoms with Crippen molar-refractivity contribution in [2.75, 3.05) is 5.79 Å². The highest BCUT2D eigenvalue weighted by molar-refractivity contribution is 7.63. The molecule has 0 amide bonds. The summed E-state index contributed by atoms with van der Waals surface area (Å²) in [5.41, 5.74) is 0. The van der Waals surface area contributed by atoms with E-state index in [0.717, 1.165) is 0 Å². The molecule has 2 nitrogen and oxygen atoms in total. The van der Waals surface area contributed by atoms with Gasteiger partial charge in [0.2, 0.25) is 8.48 Å². The van der Waals surface area contributed by atoms with Crippen molar-refractivity contribution in [2.24, 2.45) is 5.40 Å². The summed E-state index contributed by atoms with van der Waals surface area (Å²) in [6.07, 6.45) is 0. The van der Waals surface area contributed by atoms with Gasteiger partial charge >= 0.3 is 0 Å². The number of hydrogen-bond donors (Lipinski definition) is 1. The van der Waals surface area contributed by atoms with Gasteiger partial charge in [0.1, 0.15) is 0 Å². The van der Waals surface area contributed by atoms with Gasteiger partial charge in [-0.2, -0.15) is 0 Å². The molecule has 0 aliphatic carbocycles. The Morgan fingerprint density at radius 3 is 1.44 bits per heavy atom. The lowest BCUT2D eigenvalue weighted by Gasteiger charge is -2.45. The van der Waals surface area contributed by atoms with Gasteiger partial charge < -0.3 is 9.51 Å². The van der Waals surface area contributed by atoms with E-state index in [2.05, 4.69) is 67.7 Å². The molecule has 0 unspecified atom stereocenters. The van der Waals surface area contributed by atoms with E-state index in [1.165, 1.54) is 5.79 Å². The minimum Gasteiger partial charge on any atom is -0.444 e. The van der Waals surface area contributed by atoms with Crippen molar-refractivity contribution >= 4 is 24.7 Å². The molecule has 0 fully saturated rings. The van der Waals surface area contributed by atoms with Crippen molar-refractivity contribution in [1.82, 2.24) is 0 Å². The predicted molar refractivity (Wildman–Crippen MR) is 91.5 cm³/mol. The van der Waals surface area contributed by atoms with E-state index in [1.54, 1.807) is 0 Å². The first-order valence-electron chi connectivity index (χ1n) is 6.81. The highest BCUT2D eigenvalue weighted by Crippen LogP contribution is 2.60. The van der Waals surface area contributed by atoms with Crippen LogP contribution < -0.4 is 5.40 Å². The Balaban J connectivity index is 5.01. The second-order valence-electron chi connectivity index (χ2n) is 8.39. The van der Waals surface area contributed by atoms with Gasteiger partial charge in [0, 0.05) is 0 Å². The van der Waals surface area contributed by atoms with Crippen LogP contribution in [0.3, 0.4) is 0 Å². The van der Waals surface area contributed by atoms with Gasteiger partial charge in [-0.05, 0) is 42.3 Å². The van der Waals surface area contributed by atoms with E-state index in [0.29, 0.717) is 10.3 Å². The van der Waals surface area contributed by atoms with E-state index in [9.17, 15) is 0 Å². The zero-order valence-electron chi connectivity index (χ0n) is 14.1. The molecule has 0 aliphatic heterocycles. The highest BCUT2D eigenvalue weighted by atomic mass is 31.1. The van der Waals surface area contributed by atoms with Gasteiger partial charge in [0.25, 0.3) is 0 Å². The Labute approximate surface area is 118 Å². The smallest absolute Gasteiger partial charge is 0.249 e. The van der Waals surface area contributed by atoms with Gasteiger partial charge in [-0.1, -0.05) is 49.5 Å². The van der Waals surface area contributed by atoms with E-state index in [-0.39, 0.29) is 7.92 Å². The lowest BCUT2D eigenvalue weighted by molar-refractivity contribution is 0.549. The summed E-state index contributed by atoms with van der Waals surface area (Å²) in [4.78, 5) is 0. The first kappa shape index (κ1) is 18.8. The molecule has 0 heterocycles. The molecule has 110 valence electrons. The zero-order chi connectivity index (χ0) is 15.0. The first-order valence-corrected chi connectivity index (χ1v) is 14.4. The molecule has 0 aliphatic rings. The lowest BCUT2D eigenvalue weighted by atomic mass is 10.2. The fourth-order valence-electron chi connectivity index (χ4n) is 2.61. The zero-order valence-corrected chi connectivity index (χ0v) is 17.0. The van der Waals surface area contributed by atoms with Crippen molar-refractivity contribution in [2.45, 2.75) is 78.0 Å². The molecule has 0 radical (unpaired) electrons. The molecule has 0 aromatic heterocycles. The van der Waals surface area contributed by atoms with Crippen molar-refractivity contribution < 1.29 is 4.12 Å². The van der Waals surface area contributed by atoms with Crippen LogP contribution in [0, 0.1) is 0 Å². The molecule has 5 heteroatoms. The van der Waals surface area contributed by atoms with Crippen molar-refractivity contribution in [3.63, 3.8) is 0 Å². The second kappa shape index (κ2) is 5.65. The molecule has 0 aromatic rings. The monoisotopic (exact) mass is 307 g/mol. The summed E-state index contributed by atoms with van der Waals surface area (Å²) < 4.78 is 6.32. The molecule has 0 aromatic carbocycles. The topological polar surface area (TPSA) is 35.2 Å². The average Bonchev–Trinajstić information content (AvgIpc) is 1.90. The maximum absolute atomic E-state index is 6.32. The van der Waals surface area contributed by atoms with Crippen LogP contribution in [0.25, 0.3) is 0 Å². The summed E-state index contributed by atoms with van der Waals surface area (Å²) >= 11 is 0. The largest absolute Gasteiger partial charge is 0.444 e. The Morgan fingerprint density at radius 1 is 0.889 bits per heavy atom. The van der Waals surface area contributed by atoms with Crippen molar-refractivity contribution in [3.05, 3.63) is 0 Å². The SMILES string of the molecule is CC(C)(C)P(C[Si](C)(C)O[Si](C)(C)N)C(C)(C)C. The van der Waals surface area contributed by atoms with Crippen LogP contribution in [0.15, 0.2) is 0 Å². The van der Waals surface area contributed by atoms with Crippen LogP contribution >= 0.6 is 7.92 Å². The summed E-state index contributed by atoms with van der Waals surface area (Å²) in [7, 11) is -3.64. The van der Waals surface area contributed by atoms with E-state index in [1.807, 2.05) is 0 Å². The van der Waals surface area contributed by atoms with E-state index >= 15 is 0 Å². The molecule has 0 bridgehead atoms. The van der Waals surface area contributed by atoms with Gasteiger partial charge in [-0.15, -0.1) is 0 Å². The number of rotatable bonds is 4. The Bertz CT molecular complexity index is 260. The summed E-state index contributed by atoms with van der Waals surface area (Å²) in [6, 6.07) is 0. The number of hydrogen-bond acceptors (Lipinski definition) is 2. The summed E-state index contributed by atoms with van der Waals surface area (Å²) in [6.45, 7) is 23.1. The van der Waals surface area contributed by atoms with Gasteiger partial charge in [-0.25, -0.2) is 0 Å². The molecule has 18 heavy (non-hydrogen) atoms. The van der Waals surface area contributed by atoms with Crippen LogP contribution in [0.1, 0.15) is 41.5 Å². The molecule has 0 rings (SSSR count). The van der Waals surface area contributed by atoms with Crippen LogP contribution in [0.4, 0.5) is 0 Å². The second-order valence-corrected chi connectivity index (χ2v) is 20.7. The molecule has 0 saturated heterocycles. The Kier molecular flexibility index (Phi) is 5.89. The fraction of sp³-hybridized carbons (Fsp3) is 1.00. The quantitative estimate of drug-likeness (QED) is 0.613. The Hall–Kier alpha value is 0.784. The van der Waals surface area contributed by atoms with Crippen LogP contribution in [0.5, 0.6) is 0 Å². The number of nitrogens with two attached hydrogens (primary N) is 1. The van der Waals surface area contributed by atoms with Crippen LogP contribution in [-0.4, -0.2) is 32.9 Å². The van der Waals surface area contributed by atoms with Gasteiger partial charge in [0.05, 0.1) is 0 Å². The summed E-state index contributed by atoms with van der Waals surface area (Å²) in [5, 5.41) is 6.93. The third-order valence-electron chi connectivity index (χ3n) is 2.70. The molecular weight excluding hydrogens is 273 g/mol. The third-order valence-corrected chi connectivity index (χ3v) is 14.6. The summed E-state index contributed by atoms with van der Waals surface area (Å²) in [5.74, 6) is 1.25. The van der Waals surface area contributed by atoms with E-state index in [4.69, 9.17) is 9.51 Å². The van der Waals surface area contributed by atoms with Gasteiger partial charge in [-0.3, -0.25) is 0 Å². The minimum absolute atomic E-state index is 0.0804. The molecule has 0 atom stereocenters. The normalized spacial score (nSPS) is 15.3. The predicted octanol–water partition coefficient (Wildman–Crippen LogP) is 4.49. The average molecular weight is 308 g/mol. The van der Waals surface area contributed by atoms with E-state index < -0.39 is 16.8 Å². The standard InChI is InChI=1S/C13H34NOPSi2/c1-12(2,3)16(13(4,5)6)11-17(7,8)15-18(9,10)14/h11,14H2,1-10H3. The fourth-order valence-corrected chi connectivity index (χ4v) is 18.0. The maximum Gasteiger partial charge on any atom is 0.249 e. The molecular formula is C13H34NOPSi2.